The molecule has 6 rings (SSSR count). The van der Waals surface area contributed by atoms with E-state index in [1.165, 1.54) is 21.8 Å². The van der Waals surface area contributed by atoms with Gasteiger partial charge < -0.3 is 25.0 Å². The second-order valence-corrected chi connectivity index (χ2v) is 15.2. The summed E-state index contributed by atoms with van der Waals surface area (Å²) in [6.45, 7) is 11.1. The second kappa shape index (κ2) is 15.0. The van der Waals surface area contributed by atoms with Crippen molar-refractivity contribution in [3.8, 4) is 17.1 Å². The van der Waals surface area contributed by atoms with Gasteiger partial charge in [-0.1, -0.05) is 57.2 Å². The number of hydrogen-bond donors (Lipinski definition) is 2. The van der Waals surface area contributed by atoms with Gasteiger partial charge in [0.1, 0.15) is 11.8 Å². The number of anilines is 1. The molecule has 2 aromatic carbocycles. The van der Waals surface area contributed by atoms with E-state index < -0.39 is 17.9 Å². The molecule has 2 aliphatic rings. The van der Waals surface area contributed by atoms with Crippen LogP contribution in [0, 0.1) is 5.92 Å². The number of likely N-dealkylation sites (tertiary alicyclic amines) is 1. The number of nitrogens with zero attached hydrogens (tertiary/aromatic N) is 4. The first-order chi connectivity index (χ1) is 24.0. The van der Waals surface area contributed by atoms with Crippen LogP contribution in [0.15, 0.2) is 73.1 Å². The maximum atomic E-state index is 13.5. The molecule has 0 bridgehead atoms. The Balaban J connectivity index is 1.08. The monoisotopic (exact) mass is 695 g/mol. The topological polar surface area (TPSA) is 125 Å². The Morgan fingerprint density at radius 3 is 2.20 bits per heavy atom. The van der Waals surface area contributed by atoms with Gasteiger partial charge in [-0.3, -0.25) is 14.4 Å². The first-order valence-corrected chi connectivity index (χ1v) is 18.1. The van der Waals surface area contributed by atoms with E-state index in [-0.39, 0.29) is 36.7 Å². The Morgan fingerprint density at radius 1 is 0.960 bits per heavy atom. The Morgan fingerprint density at radius 2 is 1.62 bits per heavy atom. The molecule has 0 spiro atoms. The van der Waals surface area contributed by atoms with Crippen molar-refractivity contribution in [2.75, 3.05) is 37.7 Å². The number of nitrogens with one attached hydrogen (secondary N) is 1. The Hall–Kier alpha value is -4.77. The minimum Gasteiger partial charge on any atom is -0.494 e. The highest BCUT2D eigenvalue weighted by Gasteiger charge is 2.39. The predicted molar refractivity (Wildman–Crippen MR) is 195 cm³/mol. The molecule has 0 aliphatic carbocycles. The van der Waals surface area contributed by atoms with Crippen molar-refractivity contribution >= 4 is 34.8 Å². The molecular weight excluding hydrogens is 651 g/mol. The maximum absolute atomic E-state index is 13.5. The molecular formula is C39H45N5O5S. The zero-order valence-corrected chi connectivity index (χ0v) is 29.9. The molecule has 262 valence electrons. The summed E-state index contributed by atoms with van der Waals surface area (Å²) in [4.78, 5) is 53.0. The van der Waals surface area contributed by atoms with Gasteiger partial charge in [0.15, 0.2) is 5.82 Å². The van der Waals surface area contributed by atoms with Crippen molar-refractivity contribution in [2.45, 2.75) is 64.3 Å². The van der Waals surface area contributed by atoms with Gasteiger partial charge in [0.25, 0.3) is 5.91 Å². The zero-order chi connectivity index (χ0) is 35.4. The normalized spacial score (nSPS) is 16.1. The summed E-state index contributed by atoms with van der Waals surface area (Å²) in [6.07, 6.45) is 6.15. The lowest BCUT2D eigenvalue weighted by Crippen LogP contribution is -2.59. The van der Waals surface area contributed by atoms with Crippen LogP contribution in [0.2, 0.25) is 0 Å². The number of carbonyl (C=O) groups is 3. The number of amides is 2. The molecule has 0 saturated carbocycles. The number of benzene rings is 2. The molecule has 2 saturated heterocycles. The quantitative estimate of drug-likeness (QED) is 0.191. The molecule has 0 radical (unpaired) electrons. The van der Waals surface area contributed by atoms with Gasteiger partial charge in [-0.25, -0.2) is 9.97 Å². The van der Waals surface area contributed by atoms with E-state index in [4.69, 9.17) is 4.74 Å². The summed E-state index contributed by atoms with van der Waals surface area (Å²) in [5.41, 5.74) is 3.97. The fourth-order valence-electron chi connectivity index (χ4n) is 6.46. The van der Waals surface area contributed by atoms with Crippen molar-refractivity contribution in [3.63, 3.8) is 0 Å². The first kappa shape index (κ1) is 35.1. The lowest BCUT2D eigenvalue weighted by Gasteiger charge is -2.38. The lowest BCUT2D eigenvalue weighted by atomic mass is 9.89. The Labute approximate surface area is 297 Å². The van der Waals surface area contributed by atoms with E-state index >= 15 is 0 Å². The molecule has 10 nitrogen and oxygen atoms in total. The highest BCUT2D eigenvalue weighted by atomic mass is 32.1. The molecule has 50 heavy (non-hydrogen) atoms. The van der Waals surface area contributed by atoms with Crippen molar-refractivity contribution in [2.24, 2.45) is 5.92 Å². The highest BCUT2D eigenvalue weighted by molar-refractivity contribution is 7.14. The zero-order valence-electron chi connectivity index (χ0n) is 29.1. The molecule has 4 heterocycles. The number of carboxylic acid groups (broad SMARTS) is 1. The molecule has 2 fully saturated rings. The first-order valence-electron chi connectivity index (χ1n) is 17.3. The maximum Gasteiger partial charge on any atom is 0.310 e. The number of carboxylic acids is 1. The van der Waals surface area contributed by atoms with Gasteiger partial charge in [0.2, 0.25) is 5.91 Å². The van der Waals surface area contributed by atoms with E-state index in [1.807, 2.05) is 49.6 Å². The number of ether oxygens (including phenoxy) is 1. The van der Waals surface area contributed by atoms with Gasteiger partial charge in [0.05, 0.1) is 35.5 Å². The summed E-state index contributed by atoms with van der Waals surface area (Å²) in [6, 6.07) is 19.1. The average molecular weight is 696 g/mol. The summed E-state index contributed by atoms with van der Waals surface area (Å²) >= 11 is 1.42. The van der Waals surface area contributed by atoms with Gasteiger partial charge >= 0.3 is 5.97 Å². The summed E-state index contributed by atoms with van der Waals surface area (Å²) < 4.78 is 5.59. The minimum atomic E-state index is -0.918. The molecule has 1 unspecified atom stereocenters. The van der Waals surface area contributed by atoms with Crippen molar-refractivity contribution in [1.82, 2.24) is 20.2 Å². The fourth-order valence-corrected chi connectivity index (χ4v) is 7.43. The van der Waals surface area contributed by atoms with Crippen LogP contribution in [-0.4, -0.2) is 76.6 Å². The van der Waals surface area contributed by atoms with E-state index in [9.17, 15) is 19.5 Å². The highest BCUT2D eigenvalue weighted by Crippen LogP contribution is 2.32. The van der Waals surface area contributed by atoms with Crippen LogP contribution in [0.3, 0.4) is 0 Å². The molecule has 2 amide bonds. The largest absolute Gasteiger partial charge is 0.494 e. The fraction of sp³-hybridized carbons (Fsp3) is 0.410. The van der Waals surface area contributed by atoms with Crippen LogP contribution < -0.4 is 15.0 Å². The number of rotatable bonds is 11. The third-order valence-corrected chi connectivity index (χ3v) is 11.0. The van der Waals surface area contributed by atoms with Crippen molar-refractivity contribution in [1.29, 1.82) is 0 Å². The summed E-state index contributed by atoms with van der Waals surface area (Å²) in [5.74, 6) is -0.0551. The second-order valence-electron chi connectivity index (χ2n) is 14.1. The number of piperidine rings is 1. The molecule has 2 N–H and O–H groups in total. The van der Waals surface area contributed by atoms with Crippen LogP contribution in [0.1, 0.15) is 72.1 Å². The third-order valence-electron chi connectivity index (χ3n) is 9.53. The Bertz CT molecular complexity index is 1790. The van der Waals surface area contributed by atoms with Crippen molar-refractivity contribution in [3.05, 3.63) is 93.9 Å². The van der Waals surface area contributed by atoms with Gasteiger partial charge in [-0.05, 0) is 66.5 Å². The molecule has 11 heteroatoms. The van der Waals surface area contributed by atoms with E-state index in [1.54, 1.807) is 6.07 Å². The SMILES string of the molecule is CCOc1ccc(C2CCN(c3cnc(-c4ccc(CC(NC(=O)c5ccc(C(C)(C)C)s5)C(=O)N5CC(C(=O)O)C5)cc4)nc3)CC2)cc1. The predicted octanol–water partition coefficient (Wildman–Crippen LogP) is 6.17. The van der Waals surface area contributed by atoms with Crippen LogP contribution in [-0.2, 0) is 21.4 Å². The van der Waals surface area contributed by atoms with E-state index in [0.717, 1.165) is 53.4 Å². The molecule has 2 aliphatic heterocycles. The van der Waals surface area contributed by atoms with Crippen LogP contribution in [0.25, 0.3) is 11.4 Å². The molecule has 4 aromatic rings. The van der Waals surface area contributed by atoms with Crippen LogP contribution in [0.5, 0.6) is 5.75 Å². The number of carbonyl (C=O) groups excluding carboxylic acids is 2. The van der Waals surface area contributed by atoms with Gasteiger partial charge in [-0.15, -0.1) is 11.3 Å². The number of aliphatic carboxylic acids is 1. The van der Waals surface area contributed by atoms with Gasteiger partial charge in [0, 0.05) is 43.0 Å². The molecule has 1 atom stereocenters. The number of aromatic nitrogens is 2. The molecule has 2 aromatic heterocycles. The van der Waals surface area contributed by atoms with Gasteiger partial charge in [-0.2, -0.15) is 0 Å². The summed E-state index contributed by atoms with van der Waals surface area (Å²) in [5, 5.41) is 12.3. The third kappa shape index (κ3) is 8.16. The summed E-state index contributed by atoms with van der Waals surface area (Å²) in [7, 11) is 0. The number of hydrogen-bond acceptors (Lipinski definition) is 8. The lowest BCUT2D eigenvalue weighted by molar-refractivity contribution is -0.153. The van der Waals surface area contributed by atoms with Crippen LogP contribution in [0.4, 0.5) is 5.69 Å². The van der Waals surface area contributed by atoms with E-state index in [0.29, 0.717) is 23.2 Å². The van der Waals surface area contributed by atoms with E-state index in [2.05, 4.69) is 65.2 Å². The minimum absolute atomic E-state index is 0.0943. The smallest absolute Gasteiger partial charge is 0.310 e. The standard InChI is InChI=1S/C39H45N5O5S/c1-5-49-31-12-10-26(11-13-31)27-16-18-43(19-17-27)30-21-40-35(41-22-30)28-8-6-25(7-9-28)20-32(37(46)44-23-29(24-44)38(47)48)42-36(45)33-14-15-34(50-33)39(2,3)4/h6-15,21-22,27,29,32H,5,16-20,23-24H2,1-4H3,(H,42,45)(H,47,48). The Kier molecular flexibility index (Phi) is 10.5. The number of thiophene rings is 1. The van der Waals surface area contributed by atoms with Crippen LogP contribution >= 0.6 is 11.3 Å². The van der Waals surface area contributed by atoms with Crippen molar-refractivity contribution < 1.29 is 24.2 Å². The average Bonchev–Trinajstić information content (AvgIpc) is 3.60.